The number of aromatic nitrogens is 2. The third kappa shape index (κ3) is 9.67. The summed E-state index contributed by atoms with van der Waals surface area (Å²) in [6, 6.07) is 8.04. The largest absolute Gasteiger partial charge is 0.463 e. The summed E-state index contributed by atoms with van der Waals surface area (Å²) in [5, 5.41) is 22.4. The first-order chi connectivity index (χ1) is 23.3. The van der Waals surface area contributed by atoms with E-state index >= 15 is 0 Å². The van der Waals surface area contributed by atoms with Crippen molar-refractivity contribution in [2.45, 2.75) is 89.9 Å². The molecule has 0 bridgehead atoms. The van der Waals surface area contributed by atoms with Gasteiger partial charge in [0.25, 0.3) is 5.91 Å². The molecule has 4 rings (SSSR count). The van der Waals surface area contributed by atoms with Crippen LogP contribution in [0.25, 0.3) is 0 Å². The highest BCUT2D eigenvalue weighted by atomic mass is 16.7. The van der Waals surface area contributed by atoms with Gasteiger partial charge in [-0.25, -0.2) is 4.79 Å². The van der Waals surface area contributed by atoms with Crippen LogP contribution in [0.15, 0.2) is 41.3 Å². The van der Waals surface area contributed by atoms with Gasteiger partial charge in [0.1, 0.15) is 30.9 Å². The summed E-state index contributed by atoms with van der Waals surface area (Å²) >= 11 is 0. The molecule has 0 unspecified atom stereocenters. The molecule has 266 valence electrons. The van der Waals surface area contributed by atoms with Crippen molar-refractivity contribution in [3.63, 3.8) is 0 Å². The number of amides is 1. The number of hydrogen-bond acceptors (Lipinski definition) is 16. The fourth-order valence-electron chi connectivity index (χ4n) is 5.24. The van der Waals surface area contributed by atoms with E-state index in [0.717, 1.165) is 32.3 Å². The van der Waals surface area contributed by atoms with Gasteiger partial charge in [0, 0.05) is 51.4 Å². The summed E-state index contributed by atoms with van der Waals surface area (Å²) in [7, 11) is 0. The maximum Gasteiger partial charge on any atom is 0.351 e. The standard InChI is InChI=1S/C31H37N3O15/c1-15(36)43-14-23-25(45-16(2)37)26(46-17(3)38)27(47-18(4)39)30(49-23)44-13-20-11-34(24-10-21(40)22(12-35)48-24)31(42)33-28(20)32-29(41)19-8-6-5-7-9-19/h5-9,11,21-27,30,35,40H,10,12-14H2,1-4H3,(H,32,33,41,42)/t21-,22+,23+,24+,25+,26-,27+,30+/m0/s1. The molecule has 2 aliphatic heterocycles. The van der Waals surface area contributed by atoms with E-state index < -0.39 is 104 Å². The molecule has 0 radical (unpaired) electrons. The number of nitrogens with one attached hydrogen (secondary N) is 1. The van der Waals surface area contributed by atoms with Crippen molar-refractivity contribution in [1.82, 2.24) is 9.55 Å². The molecule has 18 heteroatoms. The Bertz CT molecular complexity index is 1580. The Morgan fingerprint density at radius 1 is 0.898 bits per heavy atom. The van der Waals surface area contributed by atoms with Crippen LogP contribution in [0, 0.1) is 0 Å². The van der Waals surface area contributed by atoms with E-state index in [0.29, 0.717) is 0 Å². The average Bonchev–Trinajstić information content (AvgIpc) is 3.41. The number of anilines is 1. The second-order valence-electron chi connectivity index (χ2n) is 11.1. The number of carbonyl (C=O) groups excluding carboxylic acids is 5. The fourth-order valence-corrected chi connectivity index (χ4v) is 5.24. The highest BCUT2D eigenvalue weighted by Gasteiger charge is 2.53. The van der Waals surface area contributed by atoms with Crippen LogP contribution in [-0.4, -0.2) is 106 Å². The predicted molar refractivity (Wildman–Crippen MR) is 161 cm³/mol. The quantitative estimate of drug-likeness (QED) is 0.192. The Morgan fingerprint density at radius 2 is 1.53 bits per heavy atom. The Balaban J connectivity index is 1.72. The van der Waals surface area contributed by atoms with Gasteiger partial charge in [-0.05, 0) is 12.1 Å². The van der Waals surface area contributed by atoms with Crippen LogP contribution in [0.5, 0.6) is 0 Å². The van der Waals surface area contributed by atoms with E-state index in [1.54, 1.807) is 18.2 Å². The number of esters is 4. The molecule has 2 aromatic rings. The van der Waals surface area contributed by atoms with Gasteiger partial charge in [-0.2, -0.15) is 4.98 Å². The number of nitrogens with zero attached hydrogens (tertiary/aromatic N) is 2. The van der Waals surface area contributed by atoms with Crippen LogP contribution in [0.3, 0.4) is 0 Å². The van der Waals surface area contributed by atoms with E-state index in [-0.39, 0.29) is 23.4 Å². The number of hydrogen-bond donors (Lipinski definition) is 3. The molecule has 1 amide bonds. The topological polar surface area (TPSA) is 237 Å². The predicted octanol–water partition coefficient (Wildman–Crippen LogP) is -0.264. The van der Waals surface area contributed by atoms with E-state index in [1.165, 1.54) is 18.3 Å². The van der Waals surface area contributed by atoms with Gasteiger partial charge < -0.3 is 48.7 Å². The van der Waals surface area contributed by atoms with Gasteiger partial charge >= 0.3 is 29.6 Å². The summed E-state index contributed by atoms with van der Waals surface area (Å²) < 4.78 is 40.0. The monoisotopic (exact) mass is 691 g/mol. The minimum absolute atomic E-state index is 0.0669. The van der Waals surface area contributed by atoms with Crippen molar-refractivity contribution in [2.24, 2.45) is 0 Å². The lowest BCUT2D eigenvalue weighted by Crippen LogP contribution is -2.62. The van der Waals surface area contributed by atoms with E-state index in [9.17, 15) is 39.0 Å². The number of benzene rings is 1. The van der Waals surface area contributed by atoms with Crippen LogP contribution in [-0.2, 0) is 58.9 Å². The molecule has 49 heavy (non-hydrogen) atoms. The van der Waals surface area contributed by atoms with Crippen molar-refractivity contribution in [3.8, 4) is 0 Å². The van der Waals surface area contributed by atoms with Gasteiger partial charge in [0.15, 0.2) is 24.6 Å². The van der Waals surface area contributed by atoms with Gasteiger partial charge in [0.2, 0.25) is 0 Å². The second-order valence-corrected chi connectivity index (χ2v) is 11.1. The number of aliphatic hydroxyl groups is 2. The highest BCUT2D eigenvalue weighted by molar-refractivity contribution is 6.04. The third-order valence-electron chi connectivity index (χ3n) is 7.34. The molecular formula is C31H37N3O15. The van der Waals surface area contributed by atoms with Crippen LogP contribution in [0.1, 0.15) is 56.3 Å². The van der Waals surface area contributed by atoms with Crippen LogP contribution in [0.4, 0.5) is 5.82 Å². The molecule has 2 aliphatic rings. The van der Waals surface area contributed by atoms with Crippen molar-refractivity contribution in [3.05, 3.63) is 58.1 Å². The Labute approximate surface area is 279 Å². The van der Waals surface area contributed by atoms with Gasteiger partial charge in [-0.15, -0.1) is 0 Å². The smallest absolute Gasteiger partial charge is 0.351 e. The van der Waals surface area contributed by atoms with Crippen LogP contribution >= 0.6 is 0 Å². The normalized spacial score (nSPS) is 26.3. The van der Waals surface area contributed by atoms with Crippen LogP contribution in [0.2, 0.25) is 0 Å². The maximum absolute atomic E-state index is 13.1. The molecule has 18 nitrogen and oxygen atoms in total. The molecule has 1 aromatic heterocycles. The van der Waals surface area contributed by atoms with E-state index in [4.69, 9.17) is 33.2 Å². The van der Waals surface area contributed by atoms with Crippen molar-refractivity contribution >= 4 is 35.6 Å². The number of carbonyl (C=O) groups is 5. The summed E-state index contributed by atoms with van der Waals surface area (Å²) in [6.45, 7) is 2.85. The minimum atomic E-state index is -1.58. The van der Waals surface area contributed by atoms with Crippen molar-refractivity contribution in [2.75, 3.05) is 18.5 Å². The third-order valence-corrected chi connectivity index (χ3v) is 7.34. The second kappa shape index (κ2) is 16.6. The first-order valence-electron chi connectivity index (χ1n) is 15.1. The van der Waals surface area contributed by atoms with Gasteiger partial charge in [0.05, 0.1) is 19.3 Å². The van der Waals surface area contributed by atoms with Gasteiger partial charge in [-0.1, -0.05) is 18.2 Å². The lowest BCUT2D eigenvalue weighted by Gasteiger charge is -2.44. The molecule has 3 N–H and O–H groups in total. The Kier molecular flexibility index (Phi) is 12.5. The molecule has 2 fully saturated rings. The Morgan fingerprint density at radius 3 is 2.12 bits per heavy atom. The average molecular weight is 692 g/mol. The Hall–Kier alpha value is -4.75. The molecule has 0 saturated carbocycles. The van der Waals surface area contributed by atoms with E-state index in [2.05, 4.69) is 10.3 Å². The molecule has 0 aliphatic carbocycles. The molecule has 3 heterocycles. The first-order valence-corrected chi connectivity index (χ1v) is 15.1. The molecule has 8 atom stereocenters. The zero-order valence-corrected chi connectivity index (χ0v) is 27.0. The lowest BCUT2D eigenvalue weighted by molar-refractivity contribution is -0.310. The molecule has 1 aromatic carbocycles. The van der Waals surface area contributed by atoms with Crippen LogP contribution < -0.4 is 11.0 Å². The minimum Gasteiger partial charge on any atom is -0.463 e. The number of aliphatic hydroxyl groups excluding tert-OH is 2. The lowest BCUT2D eigenvalue weighted by atomic mass is 9.98. The highest BCUT2D eigenvalue weighted by Crippen LogP contribution is 2.32. The summed E-state index contributed by atoms with van der Waals surface area (Å²) in [5.74, 6) is -4.04. The fraction of sp³-hybridized carbons (Fsp3) is 0.516. The summed E-state index contributed by atoms with van der Waals surface area (Å²) in [5.41, 5.74) is -0.551. The summed E-state index contributed by atoms with van der Waals surface area (Å²) in [6.07, 6.45) is -9.24. The SMILES string of the molecule is CC(=O)OC[C@H]1O[C@@H](OCc2cn([C@H]3C[C@H](O)[C@@H](CO)O3)c(=O)nc2NC(=O)c2ccccc2)[C@H](OC(C)=O)[C@@H](OC(C)=O)[C@@H]1OC(C)=O. The molecule has 2 saturated heterocycles. The van der Waals surface area contributed by atoms with Crippen molar-refractivity contribution < 1.29 is 67.3 Å². The zero-order chi connectivity index (χ0) is 35.8. The first kappa shape index (κ1) is 37.1. The van der Waals surface area contributed by atoms with E-state index in [1.807, 2.05) is 0 Å². The van der Waals surface area contributed by atoms with Gasteiger partial charge in [-0.3, -0.25) is 28.5 Å². The number of ether oxygens (including phenoxy) is 7. The maximum atomic E-state index is 13.1. The number of rotatable bonds is 12. The summed E-state index contributed by atoms with van der Waals surface area (Å²) in [4.78, 5) is 78.3. The zero-order valence-electron chi connectivity index (χ0n) is 27.0. The molecule has 0 spiro atoms. The van der Waals surface area contributed by atoms with Crippen molar-refractivity contribution in [1.29, 1.82) is 0 Å². The molecular weight excluding hydrogens is 654 g/mol.